The van der Waals surface area contributed by atoms with Crippen LogP contribution in [0.15, 0.2) is 35.2 Å². The quantitative estimate of drug-likeness (QED) is 0.791. The van der Waals surface area contributed by atoms with Gasteiger partial charge in [0, 0.05) is 29.0 Å². The molecule has 0 aliphatic rings. The molecule has 0 spiro atoms. The summed E-state index contributed by atoms with van der Waals surface area (Å²) in [6.45, 7) is 2.87. The van der Waals surface area contributed by atoms with E-state index in [4.69, 9.17) is 5.73 Å². The van der Waals surface area contributed by atoms with Crippen LogP contribution in [-0.2, 0) is 6.54 Å². The van der Waals surface area contributed by atoms with Crippen LogP contribution in [0.1, 0.15) is 6.92 Å². The lowest BCUT2D eigenvalue weighted by Gasteiger charge is -1.97. The number of hydrogen-bond acceptors (Lipinski definition) is 3. The van der Waals surface area contributed by atoms with Gasteiger partial charge in [0.1, 0.15) is 17.2 Å². The average molecular weight is 306 g/mol. The molecule has 0 radical (unpaired) electrons. The number of nitrogens with two attached hydrogens (primary N) is 1. The molecule has 2 N–H and O–H groups in total. The molecule has 0 saturated carbocycles. The Labute approximate surface area is 112 Å². The molecular weight excluding hydrogens is 294 g/mol. The summed E-state index contributed by atoms with van der Waals surface area (Å²) in [5.41, 5.74) is 8.67. The highest BCUT2D eigenvalue weighted by Gasteiger charge is 2.12. The first-order chi connectivity index (χ1) is 8.69. The highest BCUT2D eigenvalue weighted by molar-refractivity contribution is 9.10. The molecule has 3 heterocycles. The van der Waals surface area contributed by atoms with Crippen LogP contribution in [0, 0.1) is 0 Å². The van der Waals surface area contributed by atoms with Crippen LogP contribution < -0.4 is 5.73 Å². The summed E-state index contributed by atoms with van der Waals surface area (Å²) in [5.74, 6) is 0.627. The molecule has 0 bridgehead atoms. The van der Waals surface area contributed by atoms with Gasteiger partial charge in [0.25, 0.3) is 0 Å². The predicted octanol–water partition coefficient (Wildman–Crippen LogP) is 2.56. The first kappa shape index (κ1) is 11.3. The molecule has 92 valence electrons. The zero-order valence-electron chi connectivity index (χ0n) is 9.84. The third-order valence-corrected chi connectivity index (χ3v) is 3.32. The van der Waals surface area contributed by atoms with E-state index in [2.05, 4.69) is 26.0 Å². The monoisotopic (exact) mass is 305 g/mol. The van der Waals surface area contributed by atoms with Gasteiger partial charge in [-0.25, -0.2) is 4.98 Å². The van der Waals surface area contributed by atoms with Crippen molar-refractivity contribution in [2.24, 2.45) is 0 Å². The number of rotatable bonds is 2. The standard InChI is InChI=1S/C12H12BrN5/c1-2-17-6-8(5-15-17)11-12(14)18-7-9(13)3-4-10(18)16-11/h3-7H,2,14H2,1H3. The Bertz CT molecular complexity index is 712. The Morgan fingerprint density at radius 2 is 2.17 bits per heavy atom. The van der Waals surface area contributed by atoms with Gasteiger partial charge < -0.3 is 5.73 Å². The van der Waals surface area contributed by atoms with E-state index in [1.165, 1.54) is 0 Å². The highest BCUT2D eigenvalue weighted by atomic mass is 79.9. The lowest BCUT2D eigenvalue weighted by Crippen LogP contribution is -1.94. The molecule has 0 atom stereocenters. The van der Waals surface area contributed by atoms with Crippen molar-refractivity contribution < 1.29 is 0 Å². The molecule has 6 heteroatoms. The van der Waals surface area contributed by atoms with Gasteiger partial charge in [-0.1, -0.05) is 0 Å². The lowest BCUT2D eigenvalue weighted by molar-refractivity contribution is 0.660. The van der Waals surface area contributed by atoms with Gasteiger partial charge in [-0.05, 0) is 35.0 Å². The summed E-state index contributed by atoms with van der Waals surface area (Å²) in [5, 5.41) is 4.24. The number of pyridine rings is 1. The predicted molar refractivity (Wildman–Crippen MR) is 74.2 cm³/mol. The SMILES string of the molecule is CCn1cc(-c2nc3ccc(Br)cn3c2N)cn1. The van der Waals surface area contributed by atoms with E-state index in [1.807, 2.05) is 40.5 Å². The van der Waals surface area contributed by atoms with Gasteiger partial charge in [-0.2, -0.15) is 5.10 Å². The number of aryl methyl sites for hydroxylation is 1. The molecule has 5 nitrogen and oxygen atoms in total. The zero-order chi connectivity index (χ0) is 12.7. The maximum absolute atomic E-state index is 6.13. The van der Waals surface area contributed by atoms with Gasteiger partial charge in [0.2, 0.25) is 0 Å². The molecule has 3 aromatic rings. The molecule has 0 amide bonds. The minimum atomic E-state index is 0.627. The highest BCUT2D eigenvalue weighted by Crippen LogP contribution is 2.27. The summed E-state index contributed by atoms with van der Waals surface area (Å²) in [4.78, 5) is 4.54. The van der Waals surface area contributed by atoms with Crippen molar-refractivity contribution in [3.63, 3.8) is 0 Å². The van der Waals surface area contributed by atoms with Crippen molar-refractivity contribution in [3.8, 4) is 11.3 Å². The van der Waals surface area contributed by atoms with Crippen molar-refractivity contribution in [2.75, 3.05) is 5.73 Å². The Morgan fingerprint density at radius 1 is 1.33 bits per heavy atom. The first-order valence-electron chi connectivity index (χ1n) is 5.65. The van der Waals surface area contributed by atoms with Gasteiger partial charge >= 0.3 is 0 Å². The van der Waals surface area contributed by atoms with Crippen LogP contribution in [0.5, 0.6) is 0 Å². The second-order valence-electron chi connectivity index (χ2n) is 4.01. The maximum Gasteiger partial charge on any atom is 0.139 e. The molecule has 0 aliphatic heterocycles. The molecule has 18 heavy (non-hydrogen) atoms. The van der Waals surface area contributed by atoms with Crippen molar-refractivity contribution in [2.45, 2.75) is 13.5 Å². The van der Waals surface area contributed by atoms with Crippen LogP contribution >= 0.6 is 15.9 Å². The van der Waals surface area contributed by atoms with Crippen molar-refractivity contribution in [3.05, 3.63) is 35.2 Å². The third kappa shape index (κ3) is 1.69. The number of aromatic nitrogens is 4. The molecule has 0 saturated heterocycles. The van der Waals surface area contributed by atoms with Crippen molar-refractivity contribution in [1.82, 2.24) is 19.2 Å². The number of nitrogen functional groups attached to an aromatic ring is 1. The van der Waals surface area contributed by atoms with Gasteiger partial charge in [-0.3, -0.25) is 9.08 Å². The number of halogens is 1. The van der Waals surface area contributed by atoms with E-state index in [1.54, 1.807) is 6.20 Å². The fourth-order valence-electron chi connectivity index (χ4n) is 1.91. The molecule has 3 rings (SSSR count). The molecule has 0 aromatic carbocycles. The lowest BCUT2D eigenvalue weighted by atomic mass is 10.2. The van der Waals surface area contributed by atoms with Crippen molar-refractivity contribution >= 4 is 27.4 Å². The summed E-state index contributed by atoms with van der Waals surface area (Å²) >= 11 is 3.43. The number of anilines is 1. The normalized spacial score (nSPS) is 11.2. The van der Waals surface area contributed by atoms with Gasteiger partial charge in [0.05, 0.1) is 6.20 Å². The molecule has 0 unspecified atom stereocenters. The van der Waals surface area contributed by atoms with Crippen LogP contribution in [0.2, 0.25) is 0 Å². The van der Waals surface area contributed by atoms with Gasteiger partial charge in [-0.15, -0.1) is 0 Å². The fourth-order valence-corrected chi connectivity index (χ4v) is 2.25. The Hall–Kier alpha value is -1.82. The first-order valence-corrected chi connectivity index (χ1v) is 6.44. The molecule has 0 fully saturated rings. The second-order valence-corrected chi connectivity index (χ2v) is 4.92. The molecule has 3 aromatic heterocycles. The average Bonchev–Trinajstić information content (AvgIpc) is 2.95. The van der Waals surface area contributed by atoms with E-state index in [-0.39, 0.29) is 0 Å². The van der Waals surface area contributed by atoms with Crippen molar-refractivity contribution in [1.29, 1.82) is 0 Å². The minimum Gasteiger partial charge on any atom is -0.383 e. The second kappa shape index (κ2) is 4.13. The Morgan fingerprint density at radius 3 is 2.89 bits per heavy atom. The van der Waals surface area contributed by atoms with E-state index in [0.717, 1.165) is 27.9 Å². The number of imidazole rings is 1. The van der Waals surface area contributed by atoms with E-state index in [0.29, 0.717) is 5.82 Å². The topological polar surface area (TPSA) is 61.1 Å². The maximum atomic E-state index is 6.13. The molecular formula is C12H12BrN5. The number of hydrogen-bond donors (Lipinski definition) is 1. The van der Waals surface area contributed by atoms with Crippen LogP contribution in [0.25, 0.3) is 16.9 Å². The summed E-state index contributed by atoms with van der Waals surface area (Å²) in [7, 11) is 0. The summed E-state index contributed by atoms with van der Waals surface area (Å²) in [6.07, 6.45) is 5.65. The summed E-state index contributed by atoms with van der Waals surface area (Å²) < 4.78 is 4.69. The number of nitrogens with zero attached hydrogens (tertiary/aromatic N) is 4. The van der Waals surface area contributed by atoms with Crippen LogP contribution in [0.3, 0.4) is 0 Å². The Kier molecular flexibility index (Phi) is 2.59. The molecule has 0 aliphatic carbocycles. The third-order valence-electron chi connectivity index (χ3n) is 2.85. The van der Waals surface area contributed by atoms with Crippen LogP contribution in [0.4, 0.5) is 5.82 Å². The van der Waals surface area contributed by atoms with Gasteiger partial charge in [0.15, 0.2) is 0 Å². The number of fused-ring (bicyclic) bond motifs is 1. The summed E-state index contributed by atoms with van der Waals surface area (Å²) in [6, 6.07) is 3.87. The minimum absolute atomic E-state index is 0.627. The smallest absolute Gasteiger partial charge is 0.139 e. The zero-order valence-corrected chi connectivity index (χ0v) is 11.4. The van der Waals surface area contributed by atoms with E-state index in [9.17, 15) is 0 Å². The Balaban J connectivity index is 2.20. The van der Waals surface area contributed by atoms with E-state index >= 15 is 0 Å². The largest absolute Gasteiger partial charge is 0.383 e. The fraction of sp³-hybridized carbons (Fsp3) is 0.167. The van der Waals surface area contributed by atoms with Crippen LogP contribution in [-0.4, -0.2) is 19.2 Å². The van der Waals surface area contributed by atoms with E-state index < -0.39 is 0 Å².